The molecule has 0 atom stereocenters. The lowest BCUT2D eigenvalue weighted by molar-refractivity contribution is -0.907. The fourth-order valence-electron chi connectivity index (χ4n) is 5.81. The highest BCUT2D eigenvalue weighted by molar-refractivity contribution is 5.53. The maximum absolute atomic E-state index is 5.72. The molecule has 10 nitrogen and oxygen atoms in total. The van der Waals surface area contributed by atoms with Crippen LogP contribution in [0.4, 0.5) is 45.5 Å². The molecule has 0 aliphatic heterocycles. The van der Waals surface area contributed by atoms with Crippen LogP contribution in [0, 0.1) is 0 Å². The molecule has 4 rings (SSSR count). The fraction of sp³-hybridized carbons (Fsp3) is 0.415. The van der Waals surface area contributed by atoms with Gasteiger partial charge in [0.05, 0.1) is 53.9 Å². The molecule has 0 heterocycles. The van der Waals surface area contributed by atoms with E-state index in [0.717, 1.165) is 126 Å². The summed E-state index contributed by atoms with van der Waals surface area (Å²) in [5.41, 5.74) is 30.6. The minimum absolute atomic E-state index is 0.802. The van der Waals surface area contributed by atoms with Gasteiger partial charge in [0, 0.05) is 97.4 Å². The molecule has 51 heavy (non-hydrogen) atoms. The molecule has 4 aromatic rings. The van der Waals surface area contributed by atoms with E-state index >= 15 is 0 Å². The molecule has 0 bridgehead atoms. The summed E-state index contributed by atoms with van der Waals surface area (Å²) in [5.74, 6) is 0. The van der Waals surface area contributed by atoms with Gasteiger partial charge in [-0.2, -0.15) is 0 Å². The average molecular weight is 699 g/mol. The van der Waals surface area contributed by atoms with E-state index in [1.54, 1.807) is 0 Å². The molecule has 0 aromatic heterocycles. The summed E-state index contributed by atoms with van der Waals surface area (Å²) in [7, 11) is 6.95. The normalized spacial score (nSPS) is 11.3. The van der Waals surface area contributed by atoms with E-state index in [2.05, 4.69) is 49.3 Å². The van der Waals surface area contributed by atoms with Gasteiger partial charge in [0.25, 0.3) is 0 Å². The van der Waals surface area contributed by atoms with E-state index in [4.69, 9.17) is 22.9 Å². The van der Waals surface area contributed by atoms with Gasteiger partial charge in [-0.05, 0) is 104 Å². The van der Waals surface area contributed by atoms with Crippen molar-refractivity contribution in [1.29, 1.82) is 0 Å². The first-order valence-corrected chi connectivity index (χ1v) is 18.5. The van der Waals surface area contributed by atoms with Crippen molar-refractivity contribution in [2.24, 2.45) is 0 Å². The van der Waals surface area contributed by atoms with Crippen molar-refractivity contribution in [3.63, 3.8) is 0 Å². The van der Waals surface area contributed by atoms with Crippen molar-refractivity contribution in [3.05, 3.63) is 97.1 Å². The van der Waals surface area contributed by atoms with Crippen LogP contribution < -0.4 is 44.2 Å². The number of hydrogen-bond donors (Lipinski definition) is 8. The zero-order valence-corrected chi connectivity index (χ0v) is 31.6. The van der Waals surface area contributed by atoms with Crippen molar-refractivity contribution in [1.82, 2.24) is 0 Å². The van der Waals surface area contributed by atoms with Crippen LogP contribution >= 0.6 is 0 Å². The van der Waals surface area contributed by atoms with Gasteiger partial charge in [-0.25, -0.2) is 0 Å². The SMILES string of the molecule is CC[N+](C)(CCCNc1ccc(N)cc1)CCCNc1ccc(N)cc1.C[N+](C)(CCCNc1ccc(N)cc1)CCCNc1ccc(N)cc1. The molecule has 0 radical (unpaired) electrons. The molecule has 12 N–H and O–H groups in total. The number of quaternary nitrogens is 2. The second kappa shape index (κ2) is 21.4. The average Bonchev–Trinajstić information content (AvgIpc) is 3.12. The van der Waals surface area contributed by atoms with Gasteiger partial charge < -0.3 is 53.2 Å². The quantitative estimate of drug-likeness (QED) is 0.0267. The number of nitrogens with zero attached hydrogens (tertiary/aromatic N) is 2. The Balaban J connectivity index is 0.000000276. The molecule has 278 valence electrons. The first kappa shape index (κ1) is 40.6. The van der Waals surface area contributed by atoms with Crippen LogP contribution in [0.1, 0.15) is 32.6 Å². The lowest BCUT2D eigenvalue weighted by atomic mass is 10.2. The third kappa shape index (κ3) is 17.1. The number of benzene rings is 4. The third-order valence-corrected chi connectivity index (χ3v) is 9.35. The molecule has 0 amide bonds. The molecule has 0 aliphatic rings. The number of nitrogens with two attached hydrogens (primary N) is 4. The summed E-state index contributed by atoms with van der Waals surface area (Å²) in [4.78, 5) is 0. The second-order valence-electron chi connectivity index (χ2n) is 14.4. The third-order valence-electron chi connectivity index (χ3n) is 9.35. The second-order valence-corrected chi connectivity index (χ2v) is 14.4. The van der Waals surface area contributed by atoms with E-state index < -0.39 is 0 Å². The summed E-state index contributed by atoms with van der Waals surface area (Å²) in [6, 6.07) is 31.7. The van der Waals surface area contributed by atoms with Crippen LogP contribution in [0.25, 0.3) is 0 Å². The van der Waals surface area contributed by atoms with Gasteiger partial charge in [-0.1, -0.05) is 0 Å². The highest BCUT2D eigenvalue weighted by Crippen LogP contribution is 2.14. The van der Waals surface area contributed by atoms with Crippen LogP contribution in [0.15, 0.2) is 97.1 Å². The number of nitrogens with one attached hydrogen (secondary N) is 4. The lowest BCUT2D eigenvalue weighted by Gasteiger charge is -2.33. The van der Waals surface area contributed by atoms with Gasteiger partial charge in [0.2, 0.25) is 0 Å². The summed E-state index contributed by atoms with van der Waals surface area (Å²) >= 11 is 0. The van der Waals surface area contributed by atoms with E-state index in [9.17, 15) is 0 Å². The minimum Gasteiger partial charge on any atom is -0.399 e. The molecule has 0 unspecified atom stereocenters. The van der Waals surface area contributed by atoms with Crippen LogP contribution in [0.2, 0.25) is 0 Å². The monoisotopic (exact) mass is 699 g/mol. The molecule has 0 spiro atoms. The van der Waals surface area contributed by atoms with Crippen LogP contribution in [0.5, 0.6) is 0 Å². The Hall–Kier alpha value is -4.80. The summed E-state index contributed by atoms with van der Waals surface area (Å²) in [6.07, 6.45) is 4.59. The molecule has 0 saturated carbocycles. The minimum atomic E-state index is 0.802. The van der Waals surface area contributed by atoms with Crippen LogP contribution in [0.3, 0.4) is 0 Å². The standard InChI is InChI=1S/C21H34N5.C20H32N5/c1-3-26(2,16-4-14-24-20-10-6-18(22)7-11-20)17-5-15-25-21-12-8-19(23)9-13-21;1-25(2,15-3-13-23-19-9-5-17(21)6-10-19)16-4-14-24-20-11-7-18(22)8-12-20/h6-13,24-25H,3-5,14-17,22-23H2,1-2H3;5-12,23-24H,3-4,13-16,21-22H2,1-2H3/q2*+1. The Bertz CT molecular complexity index is 1380. The predicted molar refractivity (Wildman–Crippen MR) is 224 cm³/mol. The van der Waals surface area contributed by atoms with Gasteiger partial charge >= 0.3 is 0 Å². The van der Waals surface area contributed by atoms with Crippen molar-refractivity contribution >= 4 is 45.5 Å². The van der Waals surface area contributed by atoms with E-state index in [1.165, 1.54) is 13.1 Å². The first-order valence-electron chi connectivity index (χ1n) is 18.5. The molecular formula is C41H66N10+2. The number of hydrogen-bond acceptors (Lipinski definition) is 8. The van der Waals surface area contributed by atoms with Crippen molar-refractivity contribution in [2.75, 3.05) is 124 Å². The van der Waals surface area contributed by atoms with Gasteiger partial charge in [0.15, 0.2) is 0 Å². The first-order chi connectivity index (χ1) is 24.4. The summed E-state index contributed by atoms with van der Waals surface area (Å²) in [6.45, 7) is 12.0. The Kier molecular flexibility index (Phi) is 17.1. The summed E-state index contributed by atoms with van der Waals surface area (Å²) < 4.78 is 2.14. The van der Waals surface area contributed by atoms with Gasteiger partial charge in [0.1, 0.15) is 0 Å². The van der Waals surface area contributed by atoms with E-state index in [0.29, 0.717) is 0 Å². The zero-order valence-electron chi connectivity index (χ0n) is 31.6. The Morgan fingerprint density at radius 1 is 0.392 bits per heavy atom. The number of anilines is 8. The predicted octanol–water partition coefficient (Wildman–Crippen LogP) is 6.85. The van der Waals surface area contributed by atoms with Crippen molar-refractivity contribution in [3.8, 4) is 0 Å². The highest BCUT2D eigenvalue weighted by Gasteiger charge is 2.18. The zero-order chi connectivity index (χ0) is 37.0. The molecule has 0 fully saturated rings. The fourth-order valence-corrected chi connectivity index (χ4v) is 5.81. The maximum Gasteiger partial charge on any atom is 0.0801 e. The van der Waals surface area contributed by atoms with Crippen LogP contribution in [-0.4, -0.2) is 89.0 Å². The topological polar surface area (TPSA) is 152 Å². The van der Waals surface area contributed by atoms with Crippen molar-refractivity contribution < 1.29 is 8.97 Å². The molecule has 0 aliphatic carbocycles. The molecular weight excluding hydrogens is 633 g/mol. The Labute approximate surface area is 307 Å². The molecule has 10 heteroatoms. The Morgan fingerprint density at radius 2 is 0.627 bits per heavy atom. The van der Waals surface area contributed by atoms with E-state index in [1.807, 2.05) is 97.1 Å². The highest BCUT2D eigenvalue weighted by atomic mass is 15.3. The number of rotatable bonds is 21. The van der Waals surface area contributed by atoms with E-state index in [-0.39, 0.29) is 0 Å². The number of nitrogen functional groups attached to an aromatic ring is 4. The Morgan fingerprint density at radius 3 is 0.863 bits per heavy atom. The lowest BCUT2D eigenvalue weighted by Crippen LogP contribution is -2.46. The van der Waals surface area contributed by atoms with Gasteiger partial charge in [-0.15, -0.1) is 0 Å². The van der Waals surface area contributed by atoms with Gasteiger partial charge in [-0.3, -0.25) is 0 Å². The van der Waals surface area contributed by atoms with Crippen LogP contribution in [-0.2, 0) is 0 Å². The summed E-state index contributed by atoms with van der Waals surface area (Å²) in [5, 5.41) is 13.8. The maximum atomic E-state index is 5.72. The van der Waals surface area contributed by atoms with Crippen molar-refractivity contribution in [2.45, 2.75) is 32.6 Å². The largest absolute Gasteiger partial charge is 0.399 e. The smallest absolute Gasteiger partial charge is 0.0801 e. The molecule has 4 aromatic carbocycles. The molecule has 0 saturated heterocycles.